The van der Waals surface area contributed by atoms with Crippen LogP contribution in [-0.2, 0) is 6.54 Å². The second-order valence-electron chi connectivity index (χ2n) is 6.79. The molecule has 1 fully saturated rings. The van der Waals surface area contributed by atoms with Crippen LogP contribution in [0.1, 0.15) is 51.0 Å². The highest BCUT2D eigenvalue weighted by Gasteiger charge is 2.31. The molecule has 26 heavy (non-hydrogen) atoms. The summed E-state index contributed by atoms with van der Waals surface area (Å²) in [6, 6.07) is 3.85. The molecule has 2 rings (SSSR count). The van der Waals surface area contributed by atoms with E-state index in [1.165, 1.54) is 32.1 Å². The van der Waals surface area contributed by atoms with Crippen molar-refractivity contribution in [2.75, 3.05) is 26.8 Å². The van der Waals surface area contributed by atoms with Crippen LogP contribution in [0, 0.1) is 5.41 Å². The molecule has 0 aliphatic heterocycles. The molecule has 148 valence electrons. The molecule has 0 radical (unpaired) electrons. The van der Waals surface area contributed by atoms with Crippen LogP contribution in [-0.4, -0.2) is 42.9 Å². The number of rotatable bonds is 8. The third-order valence-electron chi connectivity index (χ3n) is 4.96. The van der Waals surface area contributed by atoms with E-state index in [1.807, 2.05) is 12.1 Å². The molecule has 1 aliphatic carbocycles. The number of aliphatic hydroxyl groups excluding tert-OH is 1. The van der Waals surface area contributed by atoms with E-state index in [4.69, 9.17) is 4.74 Å². The van der Waals surface area contributed by atoms with Crippen molar-refractivity contribution in [3.8, 4) is 5.88 Å². The number of nitrogens with one attached hydrogen (secondary N) is 2. The summed E-state index contributed by atoms with van der Waals surface area (Å²) in [5.74, 6) is 1.43. The van der Waals surface area contributed by atoms with E-state index in [9.17, 15) is 5.11 Å². The zero-order valence-electron chi connectivity index (χ0n) is 16.0. The molecular weight excluding hydrogens is 443 g/mol. The lowest BCUT2D eigenvalue weighted by Crippen LogP contribution is -2.44. The lowest BCUT2D eigenvalue weighted by atomic mass is 9.72. The van der Waals surface area contributed by atoms with Crippen molar-refractivity contribution >= 4 is 29.9 Å². The zero-order valence-corrected chi connectivity index (χ0v) is 18.3. The van der Waals surface area contributed by atoms with Gasteiger partial charge in [-0.05, 0) is 43.2 Å². The van der Waals surface area contributed by atoms with Gasteiger partial charge in [-0.2, -0.15) is 0 Å². The van der Waals surface area contributed by atoms with E-state index in [2.05, 4.69) is 27.5 Å². The highest BCUT2D eigenvalue weighted by molar-refractivity contribution is 14.0. The number of nitrogens with zero attached hydrogens (tertiary/aromatic N) is 2. The van der Waals surface area contributed by atoms with Crippen molar-refractivity contribution in [3.05, 3.63) is 23.9 Å². The van der Waals surface area contributed by atoms with Crippen LogP contribution in [0.2, 0.25) is 0 Å². The number of hydrogen-bond acceptors (Lipinski definition) is 4. The van der Waals surface area contributed by atoms with Gasteiger partial charge in [-0.3, -0.25) is 0 Å². The Balaban J connectivity index is 0.00000338. The largest absolute Gasteiger partial charge is 0.481 e. The number of halogens is 1. The zero-order chi connectivity index (χ0) is 18.0. The van der Waals surface area contributed by atoms with E-state index in [-0.39, 0.29) is 36.0 Å². The molecule has 0 atom stereocenters. The lowest BCUT2D eigenvalue weighted by molar-refractivity contribution is 0.131. The van der Waals surface area contributed by atoms with Crippen LogP contribution in [0.15, 0.2) is 23.3 Å². The van der Waals surface area contributed by atoms with Crippen molar-refractivity contribution in [3.63, 3.8) is 0 Å². The number of pyridine rings is 1. The minimum Gasteiger partial charge on any atom is -0.481 e. The molecule has 0 unspecified atom stereocenters. The maximum atomic E-state index is 9.46. The topological polar surface area (TPSA) is 78.8 Å². The molecule has 1 aromatic rings. The second kappa shape index (κ2) is 12.3. The first-order valence-corrected chi connectivity index (χ1v) is 9.33. The summed E-state index contributed by atoms with van der Waals surface area (Å²) in [5.41, 5.74) is 1.26. The predicted molar refractivity (Wildman–Crippen MR) is 116 cm³/mol. The van der Waals surface area contributed by atoms with Crippen molar-refractivity contribution in [2.45, 2.75) is 52.0 Å². The minimum absolute atomic E-state index is 0. The number of aliphatic hydroxyl groups is 1. The van der Waals surface area contributed by atoms with Crippen molar-refractivity contribution < 1.29 is 9.84 Å². The van der Waals surface area contributed by atoms with E-state index < -0.39 is 0 Å². The number of methoxy groups -OCH3 is 1. The van der Waals surface area contributed by atoms with E-state index in [0.29, 0.717) is 12.4 Å². The molecule has 0 saturated heterocycles. The maximum Gasteiger partial charge on any atom is 0.213 e. The van der Waals surface area contributed by atoms with Crippen molar-refractivity contribution in [2.24, 2.45) is 10.4 Å². The van der Waals surface area contributed by atoms with Gasteiger partial charge in [-0.25, -0.2) is 9.98 Å². The molecule has 0 bridgehead atoms. The van der Waals surface area contributed by atoms with Gasteiger partial charge in [0.1, 0.15) is 0 Å². The smallest absolute Gasteiger partial charge is 0.213 e. The van der Waals surface area contributed by atoms with Crippen LogP contribution in [0.25, 0.3) is 0 Å². The van der Waals surface area contributed by atoms with E-state index in [0.717, 1.165) is 31.0 Å². The quantitative estimate of drug-likeness (QED) is 0.305. The Morgan fingerprint density at radius 2 is 2.08 bits per heavy atom. The summed E-state index contributed by atoms with van der Waals surface area (Å²) in [7, 11) is 1.62. The standard InChI is InChI=1S/C19H32N4O2.HI/c1-3-20-18(22-14-16-7-11-21-17(13-16)25-2)23-15-19(10-12-24)8-5-4-6-9-19;/h7,11,13,24H,3-6,8-10,12,14-15H2,1-2H3,(H2,20,22,23);1H. The average molecular weight is 476 g/mol. The molecule has 0 spiro atoms. The lowest BCUT2D eigenvalue weighted by Gasteiger charge is -2.37. The molecule has 3 N–H and O–H groups in total. The fraction of sp³-hybridized carbons (Fsp3) is 0.684. The van der Waals surface area contributed by atoms with Gasteiger partial charge in [-0.15, -0.1) is 24.0 Å². The van der Waals surface area contributed by atoms with Crippen molar-refractivity contribution in [1.29, 1.82) is 0 Å². The average Bonchev–Trinajstić information content (AvgIpc) is 2.65. The van der Waals surface area contributed by atoms with Gasteiger partial charge in [0, 0.05) is 32.0 Å². The fourth-order valence-electron chi connectivity index (χ4n) is 3.50. The monoisotopic (exact) mass is 476 g/mol. The summed E-state index contributed by atoms with van der Waals surface area (Å²) < 4.78 is 5.16. The Morgan fingerprint density at radius 3 is 2.73 bits per heavy atom. The highest BCUT2D eigenvalue weighted by atomic mass is 127. The second-order valence-corrected chi connectivity index (χ2v) is 6.79. The molecule has 0 aromatic carbocycles. The van der Waals surface area contributed by atoms with Gasteiger partial charge in [0.2, 0.25) is 5.88 Å². The molecule has 7 heteroatoms. The Bertz CT molecular complexity index is 543. The first-order valence-electron chi connectivity index (χ1n) is 9.33. The Labute approximate surface area is 174 Å². The molecule has 1 aliphatic rings. The Kier molecular flexibility index (Phi) is 10.9. The summed E-state index contributed by atoms with van der Waals surface area (Å²) in [6.07, 6.45) is 8.79. The number of aliphatic imine (C=N–C) groups is 1. The summed E-state index contributed by atoms with van der Waals surface area (Å²) >= 11 is 0. The molecule has 1 saturated carbocycles. The molecule has 6 nitrogen and oxygen atoms in total. The number of aromatic nitrogens is 1. The predicted octanol–water partition coefficient (Wildman–Crippen LogP) is 3.10. The first-order chi connectivity index (χ1) is 12.2. The minimum atomic E-state index is 0. The Morgan fingerprint density at radius 1 is 1.31 bits per heavy atom. The molecule has 1 aromatic heterocycles. The van der Waals surface area contributed by atoms with Gasteiger partial charge in [0.05, 0.1) is 13.7 Å². The fourth-order valence-corrected chi connectivity index (χ4v) is 3.50. The highest BCUT2D eigenvalue weighted by Crippen LogP contribution is 2.38. The third-order valence-corrected chi connectivity index (χ3v) is 4.96. The first kappa shape index (κ1) is 23.0. The van der Waals surface area contributed by atoms with E-state index >= 15 is 0 Å². The third kappa shape index (κ3) is 7.26. The molecule has 1 heterocycles. The summed E-state index contributed by atoms with van der Waals surface area (Å²) in [6.45, 7) is 4.57. The van der Waals surface area contributed by atoms with Gasteiger partial charge in [0.25, 0.3) is 0 Å². The van der Waals surface area contributed by atoms with Gasteiger partial charge in [-0.1, -0.05) is 19.3 Å². The van der Waals surface area contributed by atoms with Crippen LogP contribution in [0.5, 0.6) is 5.88 Å². The van der Waals surface area contributed by atoms with Gasteiger partial charge in [0.15, 0.2) is 5.96 Å². The summed E-state index contributed by atoms with van der Waals surface area (Å²) in [4.78, 5) is 8.81. The number of ether oxygens (including phenoxy) is 1. The number of hydrogen-bond donors (Lipinski definition) is 3. The summed E-state index contributed by atoms with van der Waals surface area (Å²) in [5, 5.41) is 16.3. The van der Waals surface area contributed by atoms with E-state index in [1.54, 1.807) is 13.3 Å². The normalized spacial score (nSPS) is 16.5. The maximum absolute atomic E-state index is 9.46. The van der Waals surface area contributed by atoms with Gasteiger partial charge < -0.3 is 20.5 Å². The Hall–Kier alpha value is -1.09. The van der Waals surface area contributed by atoms with Gasteiger partial charge >= 0.3 is 0 Å². The van der Waals surface area contributed by atoms with Crippen LogP contribution in [0.4, 0.5) is 0 Å². The van der Waals surface area contributed by atoms with Crippen LogP contribution >= 0.6 is 24.0 Å². The van der Waals surface area contributed by atoms with Crippen molar-refractivity contribution in [1.82, 2.24) is 15.6 Å². The molecular formula is C19H33IN4O2. The van der Waals surface area contributed by atoms with Crippen LogP contribution < -0.4 is 15.4 Å². The molecule has 0 amide bonds. The van der Waals surface area contributed by atoms with Crippen LogP contribution in [0.3, 0.4) is 0 Å². The SMILES string of the molecule is CCNC(=NCc1ccnc(OC)c1)NCC1(CCO)CCCCC1.I. The number of guanidine groups is 1.